The number of hydrogen-bond donors (Lipinski definition) is 0. The van der Waals surface area contributed by atoms with Gasteiger partial charge < -0.3 is 5.48 Å². The van der Waals surface area contributed by atoms with Crippen LogP contribution in [0.2, 0.25) is 0 Å². The van der Waals surface area contributed by atoms with Gasteiger partial charge >= 0.3 is 0 Å². The Morgan fingerprint density at radius 1 is 0.895 bits per heavy atom. The van der Waals surface area contributed by atoms with Crippen LogP contribution in [0, 0.1) is 0 Å². The molecule has 0 spiro atoms. The molecular weight excluding hydrogens is 244 g/mol. The summed E-state index contributed by atoms with van der Waals surface area (Å²) >= 11 is 0. The second-order valence-electron chi connectivity index (χ2n) is 3.75. The monoisotopic (exact) mass is 256 g/mol. The third-order valence-electron chi connectivity index (χ3n) is 2.64. The zero-order valence-corrected chi connectivity index (χ0v) is 10.00. The molecule has 0 bridgehead atoms. The number of hydrogen-bond acceptors (Lipinski definition) is 3. The molecule has 0 unspecified atom stereocenters. The van der Waals surface area contributed by atoms with Crippen LogP contribution < -0.4 is 10.4 Å². The molecule has 4 heteroatoms. The molecule has 0 heterocycles. The molecule has 2 aliphatic rings. The summed E-state index contributed by atoms with van der Waals surface area (Å²) in [6.07, 6.45) is 7.66. The van der Waals surface area contributed by atoms with Gasteiger partial charge in [0.05, 0.1) is 0 Å². The van der Waals surface area contributed by atoms with Gasteiger partial charge in [-0.05, 0) is 45.9 Å². The maximum atomic E-state index is 11.2. The zero-order valence-electron chi connectivity index (χ0n) is 10.00. The molecule has 96 valence electrons. The number of carbonyl (C=O) groups excluding carboxylic acids is 3. The van der Waals surface area contributed by atoms with Crippen molar-refractivity contribution in [3.63, 3.8) is 0 Å². The van der Waals surface area contributed by atoms with Crippen molar-refractivity contribution >= 4 is 30.0 Å². The van der Waals surface area contributed by atoms with E-state index >= 15 is 0 Å². The van der Waals surface area contributed by atoms with Crippen LogP contribution in [0.4, 0.5) is 0 Å². The minimum absolute atomic E-state index is 0. The van der Waals surface area contributed by atoms with Gasteiger partial charge in [-0.25, -0.2) is 0 Å². The molecule has 1 aromatic rings. The van der Waals surface area contributed by atoms with Crippen LogP contribution in [0.25, 0.3) is 11.6 Å². The van der Waals surface area contributed by atoms with Crippen LogP contribution in [0.3, 0.4) is 0 Å². The van der Waals surface area contributed by atoms with E-state index in [1.165, 1.54) is 16.0 Å². The number of aldehydes is 2. The molecule has 0 saturated carbocycles. The van der Waals surface area contributed by atoms with Gasteiger partial charge in [-0.1, -0.05) is 24.3 Å². The standard InChI is InChI=1S/C13H8O.C2H2O2.H2O/c14-11-5-6-13-10(8-11)7-9-3-1-2-4-12(9)13;3-1-2-4;/h1-8H;1-2H;1H2. The highest BCUT2D eigenvalue weighted by atomic mass is 16.2. The van der Waals surface area contributed by atoms with Crippen molar-refractivity contribution in [3.8, 4) is 0 Å². The summed E-state index contributed by atoms with van der Waals surface area (Å²) < 4.78 is 0. The number of carbonyl (C=O) groups is 3. The predicted octanol–water partition coefficient (Wildman–Crippen LogP) is -0.744. The van der Waals surface area contributed by atoms with Crippen LogP contribution in [0.15, 0.2) is 48.1 Å². The summed E-state index contributed by atoms with van der Waals surface area (Å²) in [5.41, 5.74) is 2.21. The van der Waals surface area contributed by atoms with Crippen molar-refractivity contribution < 1.29 is 19.9 Å². The predicted molar refractivity (Wildman–Crippen MR) is 71.5 cm³/mol. The maximum Gasteiger partial charge on any atom is 0.182 e. The Bertz CT molecular complexity index is 687. The van der Waals surface area contributed by atoms with Gasteiger partial charge in [-0.15, -0.1) is 0 Å². The first-order valence-electron chi connectivity index (χ1n) is 5.40. The van der Waals surface area contributed by atoms with Gasteiger partial charge in [-0.2, -0.15) is 0 Å². The molecule has 0 fully saturated rings. The molecule has 0 atom stereocenters. The molecule has 1 aromatic carbocycles. The van der Waals surface area contributed by atoms with Gasteiger partial charge in [0.1, 0.15) is 0 Å². The van der Waals surface area contributed by atoms with Crippen molar-refractivity contribution in [1.82, 2.24) is 0 Å². The molecule has 0 aliphatic heterocycles. The third-order valence-corrected chi connectivity index (χ3v) is 2.64. The summed E-state index contributed by atoms with van der Waals surface area (Å²) in [6, 6.07) is 8.19. The SMILES string of the molecule is O.O=C1C=CC2=c3ccccc3=CC2=C1.O=CC=O. The molecule has 0 aromatic heterocycles. The molecule has 0 amide bonds. The summed E-state index contributed by atoms with van der Waals surface area (Å²) in [4.78, 5) is 28.8. The highest BCUT2D eigenvalue weighted by Crippen LogP contribution is 2.19. The minimum atomic E-state index is 0. The Morgan fingerprint density at radius 2 is 1.58 bits per heavy atom. The van der Waals surface area contributed by atoms with Crippen LogP contribution in [-0.4, -0.2) is 23.8 Å². The molecule has 2 N–H and O–H groups in total. The van der Waals surface area contributed by atoms with E-state index in [4.69, 9.17) is 9.59 Å². The fourth-order valence-electron chi connectivity index (χ4n) is 1.94. The minimum Gasteiger partial charge on any atom is -0.412 e. The Kier molecular flexibility index (Phi) is 4.85. The van der Waals surface area contributed by atoms with Gasteiger partial charge in [-0.3, -0.25) is 14.4 Å². The lowest BCUT2D eigenvalue weighted by atomic mass is 10.0. The maximum absolute atomic E-state index is 11.2. The topological polar surface area (TPSA) is 82.7 Å². The Morgan fingerprint density at radius 3 is 2.26 bits per heavy atom. The first-order chi connectivity index (χ1) is 8.76. The number of ketones is 1. The van der Waals surface area contributed by atoms with Crippen LogP contribution in [0.5, 0.6) is 0 Å². The van der Waals surface area contributed by atoms with E-state index in [-0.39, 0.29) is 23.8 Å². The highest BCUT2D eigenvalue weighted by Gasteiger charge is 2.12. The van der Waals surface area contributed by atoms with E-state index in [1.54, 1.807) is 12.2 Å². The second kappa shape index (κ2) is 6.37. The van der Waals surface area contributed by atoms with E-state index in [0.717, 1.165) is 5.57 Å². The fourth-order valence-corrected chi connectivity index (χ4v) is 1.94. The van der Waals surface area contributed by atoms with Crippen LogP contribution in [-0.2, 0) is 14.4 Å². The molecule has 3 rings (SSSR count). The Hall–Kier alpha value is -2.59. The summed E-state index contributed by atoms with van der Waals surface area (Å²) in [6.45, 7) is 0. The number of allylic oxidation sites excluding steroid dienone is 4. The lowest BCUT2D eigenvalue weighted by Crippen LogP contribution is -2.21. The van der Waals surface area contributed by atoms with Crippen molar-refractivity contribution in [2.75, 3.05) is 0 Å². The van der Waals surface area contributed by atoms with Crippen LogP contribution in [0.1, 0.15) is 0 Å². The number of fused-ring (bicyclic) bond motifs is 2. The Labute approximate surface area is 109 Å². The van der Waals surface area contributed by atoms with E-state index in [2.05, 4.69) is 18.2 Å². The lowest BCUT2D eigenvalue weighted by molar-refractivity contribution is -0.122. The van der Waals surface area contributed by atoms with Crippen molar-refractivity contribution in [3.05, 3.63) is 58.5 Å². The average Bonchev–Trinajstić information content (AvgIpc) is 2.76. The van der Waals surface area contributed by atoms with Gasteiger partial charge in [0.2, 0.25) is 0 Å². The van der Waals surface area contributed by atoms with E-state index < -0.39 is 0 Å². The van der Waals surface area contributed by atoms with Gasteiger partial charge in [0.25, 0.3) is 0 Å². The normalized spacial score (nSPS) is 13.8. The first-order valence-corrected chi connectivity index (χ1v) is 5.40. The number of rotatable bonds is 1. The largest absolute Gasteiger partial charge is 0.412 e. The zero-order chi connectivity index (χ0) is 13.0. The molecule has 0 saturated heterocycles. The Balaban J connectivity index is 0.000000323. The van der Waals surface area contributed by atoms with E-state index in [1.807, 2.05) is 18.2 Å². The van der Waals surface area contributed by atoms with E-state index in [0.29, 0.717) is 0 Å². The first kappa shape index (κ1) is 14.5. The van der Waals surface area contributed by atoms with Gasteiger partial charge in [0.15, 0.2) is 18.4 Å². The lowest BCUT2D eigenvalue weighted by Gasteiger charge is -2.02. The average molecular weight is 256 g/mol. The quantitative estimate of drug-likeness (QED) is 0.490. The molecule has 0 radical (unpaired) electrons. The number of benzene rings is 1. The molecule has 4 nitrogen and oxygen atoms in total. The highest BCUT2D eigenvalue weighted by molar-refractivity contribution is 6.10. The molecular formula is C15H12O4. The van der Waals surface area contributed by atoms with Crippen molar-refractivity contribution in [1.29, 1.82) is 0 Å². The van der Waals surface area contributed by atoms with Gasteiger partial charge in [0, 0.05) is 0 Å². The van der Waals surface area contributed by atoms with E-state index in [9.17, 15) is 4.79 Å². The summed E-state index contributed by atoms with van der Waals surface area (Å²) in [7, 11) is 0. The third kappa shape index (κ3) is 3.00. The fraction of sp³-hybridized carbons (Fsp3) is 0. The molecule has 2 aliphatic carbocycles. The van der Waals surface area contributed by atoms with Crippen LogP contribution >= 0.6 is 0 Å². The summed E-state index contributed by atoms with van der Waals surface area (Å²) in [5.74, 6) is 0.0767. The smallest absolute Gasteiger partial charge is 0.182 e. The second-order valence-corrected chi connectivity index (χ2v) is 3.75. The van der Waals surface area contributed by atoms with Crippen molar-refractivity contribution in [2.24, 2.45) is 0 Å². The van der Waals surface area contributed by atoms with Crippen molar-refractivity contribution in [2.45, 2.75) is 0 Å². The summed E-state index contributed by atoms with van der Waals surface area (Å²) in [5, 5.41) is 2.43. The molecule has 19 heavy (non-hydrogen) atoms.